The molecule has 1 aliphatic rings. The summed E-state index contributed by atoms with van der Waals surface area (Å²) in [7, 11) is 1.60. The number of carboxylic acid groups (broad SMARTS) is 1. The van der Waals surface area contributed by atoms with Crippen LogP contribution in [0.15, 0.2) is 48.5 Å². The molecule has 0 saturated heterocycles. The van der Waals surface area contributed by atoms with E-state index in [-0.39, 0.29) is 0 Å². The van der Waals surface area contributed by atoms with Crippen molar-refractivity contribution in [2.45, 2.75) is 0 Å². The lowest BCUT2D eigenvalue weighted by molar-refractivity contribution is -0.131. The second-order valence-corrected chi connectivity index (χ2v) is 4.77. The first-order chi connectivity index (χ1) is 10.2. The highest BCUT2D eigenvalue weighted by atomic mass is 16.5. The third-order valence-electron chi connectivity index (χ3n) is 3.51. The van der Waals surface area contributed by atoms with Crippen molar-refractivity contribution >= 4 is 23.7 Å². The quantitative estimate of drug-likeness (QED) is 0.727. The summed E-state index contributed by atoms with van der Waals surface area (Å²) < 4.78 is 5.26. The molecule has 21 heavy (non-hydrogen) atoms. The largest absolute Gasteiger partial charge is 0.497 e. The lowest BCUT2D eigenvalue weighted by Crippen LogP contribution is -1.97. The van der Waals surface area contributed by atoms with Gasteiger partial charge in [-0.2, -0.15) is 0 Å². The number of carbonyl (C=O) groups is 1. The molecule has 0 atom stereocenters. The van der Waals surface area contributed by atoms with Crippen LogP contribution in [0.2, 0.25) is 0 Å². The van der Waals surface area contributed by atoms with Crippen LogP contribution in [-0.2, 0) is 4.79 Å². The average molecular weight is 278 g/mol. The van der Waals surface area contributed by atoms with E-state index in [0.717, 1.165) is 22.3 Å². The molecule has 2 aromatic carbocycles. The van der Waals surface area contributed by atoms with Crippen LogP contribution in [0.5, 0.6) is 5.75 Å². The maximum Gasteiger partial charge on any atom is 0.328 e. The molecule has 0 spiro atoms. The Morgan fingerprint density at radius 3 is 2.48 bits per heavy atom. The van der Waals surface area contributed by atoms with E-state index in [1.165, 1.54) is 6.08 Å². The van der Waals surface area contributed by atoms with Crippen LogP contribution in [0, 0.1) is 0 Å². The molecule has 0 fully saturated rings. The van der Waals surface area contributed by atoms with Gasteiger partial charge in [0.2, 0.25) is 0 Å². The van der Waals surface area contributed by atoms with E-state index in [9.17, 15) is 9.90 Å². The van der Waals surface area contributed by atoms with Crippen LogP contribution >= 0.6 is 0 Å². The molecule has 104 valence electrons. The van der Waals surface area contributed by atoms with Crippen LogP contribution in [0.1, 0.15) is 22.3 Å². The van der Waals surface area contributed by atoms with E-state index in [1.54, 1.807) is 7.11 Å². The Hall–Kier alpha value is -2.81. The molecule has 0 aliphatic heterocycles. The van der Waals surface area contributed by atoms with Crippen molar-refractivity contribution in [2.24, 2.45) is 0 Å². The Labute approximate surface area is 122 Å². The number of ether oxygens (including phenoxy) is 1. The Balaban J connectivity index is 2.31. The van der Waals surface area contributed by atoms with Crippen molar-refractivity contribution in [2.75, 3.05) is 7.11 Å². The minimum absolute atomic E-state index is 0.692. The van der Waals surface area contributed by atoms with Crippen LogP contribution in [0.3, 0.4) is 0 Å². The molecule has 0 amide bonds. The normalized spacial score (nSPS) is 14.2. The van der Waals surface area contributed by atoms with Gasteiger partial charge in [-0.1, -0.05) is 42.5 Å². The first kappa shape index (κ1) is 13.2. The molecule has 3 rings (SSSR count). The molecule has 0 aromatic heterocycles. The number of hydrogen-bond donors (Lipinski definition) is 1. The predicted octanol–water partition coefficient (Wildman–Crippen LogP) is 3.70. The molecule has 0 heterocycles. The lowest BCUT2D eigenvalue weighted by atomic mass is 9.93. The van der Waals surface area contributed by atoms with Crippen molar-refractivity contribution in [3.05, 3.63) is 70.8 Å². The van der Waals surface area contributed by atoms with Crippen molar-refractivity contribution in [1.29, 1.82) is 0 Å². The van der Waals surface area contributed by atoms with Crippen LogP contribution in [-0.4, -0.2) is 18.2 Å². The van der Waals surface area contributed by atoms with Gasteiger partial charge in [0, 0.05) is 6.08 Å². The van der Waals surface area contributed by atoms with Gasteiger partial charge in [-0.15, -0.1) is 0 Å². The molecule has 3 nitrogen and oxygen atoms in total. The number of benzene rings is 2. The second kappa shape index (κ2) is 5.29. The fraction of sp³-hybridized carbons (Fsp3) is 0.0556. The van der Waals surface area contributed by atoms with Crippen molar-refractivity contribution < 1.29 is 14.6 Å². The Kier molecular flexibility index (Phi) is 3.32. The van der Waals surface area contributed by atoms with Gasteiger partial charge >= 0.3 is 5.97 Å². The van der Waals surface area contributed by atoms with Gasteiger partial charge in [0.25, 0.3) is 0 Å². The number of aliphatic carboxylic acids is 1. The summed E-state index contributed by atoms with van der Waals surface area (Å²) in [5.41, 5.74) is 4.43. The third-order valence-corrected chi connectivity index (χ3v) is 3.51. The number of rotatable bonds is 2. The number of methoxy groups -OCH3 is 1. The van der Waals surface area contributed by atoms with E-state index < -0.39 is 5.97 Å². The molecule has 1 N–H and O–H groups in total. The highest BCUT2D eigenvalue weighted by molar-refractivity contribution is 6.01. The van der Waals surface area contributed by atoms with E-state index in [2.05, 4.69) is 0 Å². The molecule has 3 heteroatoms. The first-order valence-electron chi connectivity index (χ1n) is 6.59. The second-order valence-electron chi connectivity index (χ2n) is 4.77. The van der Waals surface area contributed by atoms with Gasteiger partial charge in [-0.25, -0.2) is 4.79 Å². The highest BCUT2D eigenvalue weighted by Gasteiger charge is 2.16. The number of fused-ring (bicyclic) bond motifs is 2. The maximum absolute atomic E-state index is 11.2. The number of hydrogen-bond acceptors (Lipinski definition) is 2. The zero-order valence-electron chi connectivity index (χ0n) is 11.5. The van der Waals surface area contributed by atoms with E-state index >= 15 is 0 Å². The van der Waals surface area contributed by atoms with E-state index in [4.69, 9.17) is 4.74 Å². The Morgan fingerprint density at radius 1 is 1.05 bits per heavy atom. The summed E-state index contributed by atoms with van der Waals surface area (Å²) in [5.74, 6) is -0.256. The van der Waals surface area contributed by atoms with Gasteiger partial charge in [-0.05, 0) is 40.0 Å². The topological polar surface area (TPSA) is 46.5 Å². The van der Waals surface area contributed by atoms with Crippen molar-refractivity contribution in [1.82, 2.24) is 0 Å². The van der Waals surface area contributed by atoms with Crippen molar-refractivity contribution in [3.8, 4) is 5.75 Å². The molecule has 2 aromatic rings. The van der Waals surface area contributed by atoms with Gasteiger partial charge in [0.05, 0.1) is 7.11 Å². The SMILES string of the molecule is COc1ccc2c(c1)/C(=C/C(=O)O)c1ccccc1C=C2. The van der Waals surface area contributed by atoms with Gasteiger partial charge in [-0.3, -0.25) is 0 Å². The Morgan fingerprint density at radius 2 is 1.76 bits per heavy atom. The van der Waals surface area contributed by atoms with Gasteiger partial charge in [0.1, 0.15) is 5.75 Å². The standard InChI is InChI=1S/C18H14O3/c1-21-14-9-8-13-7-6-12-4-2-3-5-15(12)17(11-18(19)20)16(13)10-14/h2-11H,1H3,(H,19,20)/b17-11+. The monoisotopic (exact) mass is 278 g/mol. The van der Waals surface area contributed by atoms with Crippen LogP contribution < -0.4 is 4.74 Å². The fourth-order valence-electron chi connectivity index (χ4n) is 2.53. The smallest absolute Gasteiger partial charge is 0.328 e. The van der Waals surface area contributed by atoms with Crippen LogP contribution in [0.4, 0.5) is 0 Å². The summed E-state index contributed by atoms with van der Waals surface area (Å²) >= 11 is 0. The molecular weight excluding hydrogens is 264 g/mol. The van der Waals surface area contributed by atoms with Crippen LogP contribution in [0.25, 0.3) is 17.7 Å². The van der Waals surface area contributed by atoms with Gasteiger partial charge in [0.15, 0.2) is 0 Å². The minimum Gasteiger partial charge on any atom is -0.497 e. The summed E-state index contributed by atoms with van der Waals surface area (Å²) in [4.78, 5) is 11.2. The van der Waals surface area contributed by atoms with Crippen molar-refractivity contribution in [3.63, 3.8) is 0 Å². The molecule has 0 bridgehead atoms. The lowest BCUT2D eigenvalue weighted by Gasteiger charge is -2.12. The van der Waals surface area contributed by atoms with Gasteiger partial charge < -0.3 is 9.84 Å². The summed E-state index contributed by atoms with van der Waals surface area (Å²) in [5, 5.41) is 9.21. The Bertz CT molecular complexity index is 770. The molecule has 0 radical (unpaired) electrons. The number of carboxylic acids is 1. The zero-order valence-corrected chi connectivity index (χ0v) is 11.5. The van der Waals surface area contributed by atoms with E-state index in [0.29, 0.717) is 11.3 Å². The third kappa shape index (κ3) is 2.46. The summed E-state index contributed by atoms with van der Waals surface area (Å²) in [6, 6.07) is 13.4. The molecular formula is C18H14O3. The predicted molar refractivity (Wildman–Crippen MR) is 83.1 cm³/mol. The summed E-state index contributed by atoms with van der Waals surface area (Å²) in [6.07, 6.45) is 5.25. The first-order valence-corrected chi connectivity index (χ1v) is 6.59. The minimum atomic E-state index is -0.963. The molecule has 1 aliphatic carbocycles. The fourth-order valence-corrected chi connectivity index (χ4v) is 2.53. The average Bonchev–Trinajstić information content (AvgIpc) is 2.64. The van der Waals surface area contributed by atoms with E-state index in [1.807, 2.05) is 54.6 Å². The molecule has 0 saturated carbocycles. The zero-order chi connectivity index (χ0) is 14.8. The molecule has 0 unspecified atom stereocenters. The highest BCUT2D eigenvalue weighted by Crippen LogP contribution is 2.35. The summed E-state index contributed by atoms with van der Waals surface area (Å²) in [6.45, 7) is 0. The maximum atomic E-state index is 11.2.